The minimum atomic E-state index is 0.591. The second-order valence-corrected chi connectivity index (χ2v) is 4.72. The number of pyridine rings is 1. The van der Waals surface area contributed by atoms with Gasteiger partial charge in [0.15, 0.2) is 5.82 Å². The van der Waals surface area contributed by atoms with Crippen molar-refractivity contribution >= 4 is 11.5 Å². The average Bonchev–Trinajstić information content (AvgIpc) is 2.86. The monoisotopic (exact) mass is 250 g/mol. The Morgan fingerprint density at radius 3 is 3.06 bits per heavy atom. The summed E-state index contributed by atoms with van der Waals surface area (Å²) in [6.45, 7) is 6.62. The zero-order chi connectivity index (χ0) is 13.0. The number of nitrogens with two attached hydrogens (primary N) is 1. The van der Waals surface area contributed by atoms with Crippen LogP contribution in [0.15, 0.2) is 12.1 Å². The fourth-order valence-corrected chi connectivity index (χ4v) is 2.31. The Balaban J connectivity index is 1.90. The molecule has 1 aromatic heterocycles. The average molecular weight is 250 g/mol. The molecule has 2 heterocycles. The highest BCUT2D eigenvalue weighted by Crippen LogP contribution is 2.21. The van der Waals surface area contributed by atoms with Crippen LogP contribution in [0, 0.1) is 5.92 Å². The predicted molar refractivity (Wildman–Crippen MR) is 73.9 cm³/mol. The molecule has 0 bridgehead atoms. The number of hydrogen-bond acceptors (Lipinski definition) is 5. The van der Waals surface area contributed by atoms with E-state index >= 15 is 0 Å². The van der Waals surface area contributed by atoms with Gasteiger partial charge in [0.05, 0.1) is 12.8 Å². The van der Waals surface area contributed by atoms with Gasteiger partial charge in [-0.2, -0.15) is 4.98 Å². The maximum atomic E-state index is 5.89. The zero-order valence-electron chi connectivity index (χ0n) is 11.1. The van der Waals surface area contributed by atoms with Crippen molar-refractivity contribution in [1.82, 2.24) is 9.88 Å². The highest BCUT2D eigenvalue weighted by atomic mass is 16.5. The second-order valence-electron chi connectivity index (χ2n) is 4.72. The fraction of sp³-hybridized carbons (Fsp3) is 0.615. The topological polar surface area (TPSA) is 63.4 Å². The molecule has 1 aliphatic heterocycles. The molecule has 5 heteroatoms. The lowest BCUT2D eigenvalue weighted by Crippen LogP contribution is -2.22. The molecule has 2 rings (SSSR count). The Morgan fingerprint density at radius 2 is 2.39 bits per heavy atom. The summed E-state index contributed by atoms with van der Waals surface area (Å²) in [4.78, 5) is 6.79. The normalized spacial score (nSPS) is 20.0. The minimum absolute atomic E-state index is 0.591. The number of rotatable bonds is 5. The van der Waals surface area contributed by atoms with Crippen LogP contribution in [0.4, 0.5) is 11.5 Å². The first-order valence-corrected chi connectivity index (χ1v) is 6.49. The van der Waals surface area contributed by atoms with Gasteiger partial charge in [0.25, 0.3) is 0 Å². The molecule has 1 atom stereocenters. The highest BCUT2D eigenvalue weighted by Gasteiger charge is 2.21. The van der Waals surface area contributed by atoms with Crippen molar-refractivity contribution in [2.24, 2.45) is 5.92 Å². The summed E-state index contributed by atoms with van der Waals surface area (Å²) in [5.41, 5.74) is 6.56. The summed E-state index contributed by atoms with van der Waals surface area (Å²) in [5.74, 6) is 2.00. The molecule has 1 aromatic rings. The third kappa shape index (κ3) is 3.04. The van der Waals surface area contributed by atoms with Crippen molar-refractivity contribution in [2.45, 2.75) is 13.3 Å². The summed E-state index contributed by atoms with van der Waals surface area (Å²) in [6.07, 6.45) is 1.24. The van der Waals surface area contributed by atoms with E-state index in [1.165, 1.54) is 13.0 Å². The smallest absolute Gasteiger partial charge is 0.215 e. The number of likely N-dealkylation sites (tertiary alicyclic amines) is 1. The van der Waals surface area contributed by atoms with Gasteiger partial charge in [0.1, 0.15) is 0 Å². The van der Waals surface area contributed by atoms with Crippen LogP contribution in [-0.2, 0) is 0 Å². The van der Waals surface area contributed by atoms with Crippen molar-refractivity contribution in [1.29, 1.82) is 0 Å². The van der Waals surface area contributed by atoms with Crippen LogP contribution in [0.1, 0.15) is 13.3 Å². The van der Waals surface area contributed by atoms with Gasteiger partial charge in [-0.15, -0.1) is 0 Å². The number of anilines is 2. The first kappa shape index (κ1) is 13.0. The number of nitrogen functional groups attached to an aromatic ring is 1. The number of ether oxygens (including phenoxy) is 1. The van der Waals surface area contributed by atoms with E-state index in [2.05, 4.69) is 22.1 Å². The van der Waals surface area contributed by atoms with E-state index in [1.54, 1.807) is 13.2 Å². The van der Waals surface area contributed by atoms with Gasteiger partial charge in [0.2, 0.25) is 5.88 Å². The molecule has 0 aliphatic carbocycles. The predicted octanol–water partition coefficient (Wildman–Crippen LogP) is 1.43. The van der Waals surface area contributed by atoms with Gasteiger partial charge in [-0.25, -0.2) is 0 Å². The van der Waals surface area contributed by atoms with Gasteiger partial charge in [-0.3, -0.25) is 0 Å². The Labute approximate surface area is 108 Å². The second kappa shape index (κ2) is 5.91. The lowest BCUT2D eigenvalue weighted by molar-refractivity contribution is 0.345. The molecule has 1 fully saturated rings. The van der Waals surface area contributed by atoms with Crippen LogP contribution in [0.2, 0.25) is 0 Å². The van der Waals surface area contributed by atoms with Crippen LogP contribution >= 0.6 is 0 Å². The third-order valence-corrected chi connectivity index (χ3v) is 3.49. The summed E-state index contributed by atoms with van der Waals surface area (Å²) in [6, 6.07) is 3.59. The SMILES string of the molecule is CCN1CCC(CNc2nc(OC)ccc2N)C1. The quantitative estimate of drug-likeness (QED) is 0.827. The Morgan fingerprint density at radius 1 is 1.56 bits per heavy atom. The molecule has 3 N–H and O–H groups in total. The largest absolute Gasteiger partial charge is 0.481 e. The summed E-state index contributed by atoms with van der Waals surface area (Å²) in [7, 11) is 1.61. The zero-order valence-corrected chi connectivity index (χ0v) is 11.1. The number of nitrogens with one attached hydrogen (secondary N) is 1. The molecule has 18 heavy (non-hydrogen) atoms. The van der Waals surface area contributed by atoms with E-state index in [4.69, 9.17) is 10.5 Å². The van der Waals surface area contributed by atoms with E-state index in [0.29, 0.717) is 17.5 Å². The Bertz CT molecular complexity index is 397. The Kier molecular flexibility index (Phi) is 4.25. The van der Waals surface area contributed by atoms with Crippen LogP contribution in [0.3, 0.4) is 0 Å². The maximum absolute atomic E-state index is 5.89. The third-order valence-electron chi connectivity index (χ3n) is 3.49. The van der Waals surface area contributed by atoms with E-state index < -0.39 is 0 Å². The van der Waals surface area contributed by atoms with Crippen LogP contribution < -0.4 is 15.8 Å². The van der Waals surface area contributed by atoms with Crippen molar-refractivity contribution < 1.29 is 4.74 Å². The number of hydrogen-bond donors (Lipinski definition) is 2. The van der Waals surface area contributed by atoms with E-state index in [0.717, 1.165) is 25.5 Å². The first-order chi connectivity index (χ1) is 8.72. The van der Waals surface area contributed by atoms with Gasteiger partial charge in [-0.1, -0.05) is 6.92 Å². The molecular weight excluding hydrogens is 228 g/mol. The van der Waals surface area contributed by atoms with Crippen molar-refractivity contribution in [3.63, 3.8) is 0 Å². The maximum Gasteiger partial charge on any atom is 0.215 e. The molecule has 5 nitrogen and oxygen atoms in total. The lowest BCUT2D eigenvalue weighted by atomic mass is 10.1. The molecule has 0 amide bonds. The van der Waals surface area contributed by atoms with Crippen molar-refractivity contribution in [3.05, 3.63) is 12.1 Å². The van der Waals surface area contributed by atoms with Crippen LogP contribution in [0.5, 0.6) is 5.88 Å². The molecule has 0 spiro atoms. The van der Waals surface area contributed by atoms with E-state index in [-0.39, 0.29) is 0 Å². The molecular formula is C13H22N4O. The summed E-state index contributed by atoms with van der Waals surface area (Å²) in [5, 5.41) is 3.33. The van der Waals surface area contributed by atoms with Gasteiger partial charge in [-0.05, 0) is 31.5 Å². The van der Waals surface area contributed by atoms with Gasteiger partial charge in [0, 0.05) is 19.2 Å². The molecule has 1 saturated heterocycles. The van der Waals surface area contributed by atoms with E-state index in [9.17, 15) is 0 Å². The lowest BCUT2D eigenvalue weighted by Gasteiger charge is -2.15. The molecule has 1 aliphatic rings. The number of aromatic nitrogens is 1. The summed E-state index contributed by atoms with van der Waals surface area (Å²) < 4.78 is 5.10. The highest BCUT2D eigenvalue weighted by molar-refractivity contribution is 5.61. The molecule has 0 aromatic carbocycles. The van der Waals surface area contributed by atoms with E-state index in [1.807, 2.05) is 6.07 Å². The number of nitrogens with zero attached hydrogens (tertiary/aromatic N) is 2. The molecule has 0 saturated carbocycles. The summed E-state index contributed by atoms with van der Waals surface area (Å²) >= 11 is 0. The fourth-order valence-electron chi connectivity index (χ4n) is 2.31. The Hall–Kier alpha value is -1.49. The number of methoxy groups -OCH3 is 1. The van der Waals surface area contributed by atoms with Crippen LogP contribution in [-0.4, -0.2) is 43.2 Å². The standard InChI is InChI=1S/C13H22N4O/c1-3-17-7-6-10(9-17)8-15-13-11(14)4-5-12(16-13)18-2/h4-5,10H,3,6-9,14H2,1-2H3,(H,15,16). The van der Waals surface area contributed by atoms with Crippen molar-refractivity contribution in [2.75, 3.05) is 44.3 Å². The molecule has 0 radical (unpaired) electrons. The first-order valence-electron chi connectivity index (χ1n) is 6.49. The molecule has 1 unspecified atom stereocenters. The van der Waals surface area contributed by atoms with Gasteiger partial charge >= 0.3 is 0 Å². The molecule has 100 valence electrons. The minimum Gasteiger partial charge on any atom is -0.481 e. The van der Waals surface area contributed by atoms with Crippen molar-refractivity contribution in [3.8, 4) is 5.88 Å². The van der Waals surface area contributed by atoms with Crippen LogP contribution in [0.25, 0.3) is 0 Å². The van der Waals surface area contributed by atoms with Gasteiger partial charge < -0.3 is 20.7 Å².